The van der Waals surface area contributed by atoms with Gasteiger partial charge in [-0.05, 0) is 46.8 Å². The van der Waals surface area contributed by atoms with Crippen molar-refractivity contribution in [1.29, 1.82) is 0 Å². The molecule has 0 saturated carbocycles. The van der Waals surface area contributed by atoms with E-state index in [2.05, 4.69) is 0 Å². The van der Waals surface area contributed by atoms with Gasteiger partial charge in [0.05, 0.1) is 30.4 Å². The van der Waals surface area contributed by atoms with Gasteiger partial charge in [-0.3, -0.25) is 24.0 Å². The zero-order chi connectivity index (χ0) is 23.8. The first kappa shape index (κ1) is 24.5. The normalized spacial score (nSPS) is 22.5. The fourth-order valence-electron chi connectivity index (χ4n) is 3.81. The molecule has 3 rings (SSSR count). The average molecular weight is 468 g/mol. The van der Waals surface area contributed by atoms with Crippen molar-refractivity contribution in [1.82, 2.24) is 9.80 Å². The van der Waals surface area contributed by atoms with Crippen molar-refractivity contribution in [2.24, 2.45) is 0 Å². The summed E-state index contributed by atoms with van der Waals surface area (Å²) in [5.74, 6) is -3.49. The van der Waals surface area contributed by atoms with Crippen molar-refractivity contribution < 1.29 is 37.8 Å². The summed E-state index contributed by atoms with van der Waals surface area (Å²) in [4.78, 5) is 40.7. The zero-order valence-electron chi connectivity index (χ0n) is 18.8. The highest BCUT2D eigenvalue weighted by molar-refractivity contribution is 7.55. The zero-order valence-corrected chi connectivity index (χ0v) is 19.7. The lowest BCUT2D eigenvalue weighted by atomic mass is 10.0. The fraction of sp³-hybridized carbons (Fsp3) is 0.571. The molecule has 2 amide bonds. The molecule has 2 unspecified atom stereocenters. The predicted molar refractivity (Wildman–Crippen MR) is 114 cm³/mol. The molecule has 1 aromatic carbocycles. The number of hydrogen-bond acceptors (Lipinski definition) is 9. The number of imide groups is 1. The maximum atomic E-state index is 13.5. The van der Waals surface area contributed by atoms with E-state index in [4.69, 9.17) is 13.8 Å². The Hall–Kier alpha value is -2.10. The van der Waals surface area contributed by atoms with E-state index in [1.165, 1.54) is 4.90 Å². The van der Waals surface area contributed by atoms with Gasteiger partial charge >= 0.3 is 13.6 Å². The minimum Gasteiger partial charge on any atom is -0.458 e. The minimum atomic E-state index is -4.07. The Balaban J connectivity index is 1.88. The molecule has 10 nitrogen and oxygen atoms in total. The molecule has 0 aromatic heterocycles. The van der Waals surface area contributed by atoms with E-state index in [0.717, 1.165) is 4.90 Å². The first-order valence-electron chi connectivity index (χ1n) is 10.5. The monoisotopic (exact) mass is 468 g/mol. The molecule has 2 aliphatic rings. The van der Waals surface area contributed by atoms with Crippen LogP contribution < -0.4 is 0 Å². The Morgan fingerprint density at radius 2 is 1.62 bits per heavy atom. The van der Waals surface area contributed by atoms with Gasteiger partial charge in [-0.15, -0.1) is 0 Å². The number of carbonyl (C=O) groups excluding carboxylic acids is 3. The summed E-state index contributed by atoms with van der Waals surface area (Å²) < 4.78 is 29.7. The Labute approximate surface area is 186 Å². The SMILES string of the molecule is CCOP(=O)(OCC)C(C(=O)OC(C)(C)C)N1C[C@H](N2C(=O)c3ccccc3C2=O)C1O. The van der Waals surface area contributed by atoms with Crippen molar-refractivity contribution in [2.45, 2.75) is 58.3 Å². The first-order valence-corrected chi connectivity index (χ1v) is 12.1. The number of nitrogens with zero attached hydrogens (tertiary/aromatic N) is 2. The van der Waals surface area contributed by atoms with Crippen molar-refractivity contribution in [2.75, 3.05) is 19.8 Å². The average Bonchev–Trinajstić information content (AvgIpc) is 2.94. The third-order valence-corrected chi connectivity index (χ3v) is 7.43. The second-order valence-electron chi connectivity index (χ2n) is 8.49. The van der Waals surface area contributed by atoms with E-state index in [0.29, 0.717) is 0 Å². The van der Waals surface area contributed by atoms with E-state index in [9.17, 15) is 24.1 Å². The van der Waals surface area contributed by atoms with Gasteiger partial charge in [-0.25, -0.2) is 4.79 Å². The third-order valence-electron chi connectivity index (χ3n) is 5.09. The molecule has 32 heavy (non-hydrogen) atoms. The highest BCUT2D eigenvalue weighted by Crippen LogP contribution is 2.56. The quantitative estimate of drug-likeness (QED) is 0.348. The van der Waals surface area contributed by atoms with Crippen molar-refractivity contribution in [3.63, 3.8) is 0 Å². The number of esters is 1. The first-order chi connectivity index (χ1) is 14.9. The summed E-state index contributed by atoms with van der Waals surface area (Å²) in [6, 6.07) is 5.45. The third kappa shape index (κ3) is 4.38. The maximum absolute atomic E-state index is 13.5. The number of aliphatic hydroxyl groups is 1. The Morgan fingerprint density at radius 1 is 1.12 bits per heavy atom. The second kappa shape index (κ2) is 9.03. The molecule has 3 atom stereocenters. The Kier molecular flexibility index (Phi) is 6.93. The highest BCUT2D eigenvalue weighted by Gasteiger charge is 2.58. The molecule has 2 aliphatic heterocycles. The summed E-state index contributed by atoms with van der Waals surface area (Å²) >= 11 is 0. The lowest BCUT2D eigenvalue weighted by Gasteiger charge is -2.50. The number of hydrogen-bond donors (Lipinski definition) is 1. The molecule has 1 aromatic rings. The standard InChI is InChI=1S/C21H29N2O8P/c1-6-29-32(28,30-7-2)19(20(27)31-21(3,4)5)22-12-15(18(22)26)23-16(24)13-10-8-9-11-14(13)17(23)25/h8-11,15,18-19,26H,6-7,12H2,1-5H3/t15-,18?,19?/m0/s1. The van der Waals surface area contributed by atoms with Crippen LogP contribution in [0.3, 0.4) is 0 Å². The topological polar surface area (TPSA) is 123 Å². The van der Waals surface area contributed by atoms with Crippen LogP contribution in [0, 0.1) is 0 Å². The van der Waals surface area contributed by atoms with Crippen molar-refractivity contribution >= 4 is 25.4 Å². The van der Waals surface area contributed by atoms with Crippen LogP contribution in [-0.4, -0.2) is 76.1 Å². The van der Waals surface area contributed by atoms with Gasteiger partial charge in [0.2, 0.25) is 5.78 Å². The van der Waals surface area contributed by atoms with Crippen LogP contribution in [0.5, 0.6) is 0 Å². The minimum absolute atomic E-state index is 0.00233. The van der Waals surface area contributed by atoms with Gasteiger partial charge in [0.1, 0.15) is 11.8 Å². The number of likely N-dealkylation sites (tertiary alicyclic amines) is 1. The van der Waals surface area contributed by atoms with Gasteiger partial charge < -0.3 is 18.9 Å². The number of benzene rings is 1. The number of rotatable bonds is 8. The number of carbonyl (C=O) groups is 3. The number of ether oxygens (including phenoxy) is 1. The Bertz CT molecular complexity index is 914. The van der Waals surface area contributed by atoms with E-state index < -0.39 is 49.0 Å². The molecule has 0 aliphatic carbocycles. The molecule has 0 bridgehead atoms. The second-order valence-corrected chi connectivity index (χ2v) is 10.6. The molecule has 1 saturated heterocycles. The number of fused-ring (bicyclic) bond motifs is 1. The van der Waals surface area contributed by atoms with Crippen LogP contribution in [0.15, 0.2) is 24.3 Å². The number of aliphatic hydroxyl groups excluding tert-OH is 1. The summed E-state index contributed by atoms with van der Waals surface area (Å²) in [6.07, 6.45) is -1.45. The molecule has 2 heterocycles. The lowest BCUT2D eigenvalue weighted by Crippen LogP contribution is -2.71. The van der Waals surface area contributed by atoms with E-state index >= 15 is 0 Å². The van der Waals surface area contributed by atoms with E-state index in [-0.39, 0.29) is 30.9 Å². The summed E-state index contributed by atoms with van der Waals surface area (Å²) in [7, 11) is -4.07. The van der Waals surface area contributed by atoms with Gasteiger partial charge in [0.15, 0.2) is 0 Å². The highest BCUT2D eigenvalue weighted by atomic mass is 31.2. The van der Waals surface area contributed by atoms with Crippen LogP contribution in [-0.2, 0) is 23.1 Å². The molecular weight excluding hydrogens is 439 g/mol. The molecule has 0 spiro atoms. The molecule has 1 N–H and O–H groups in total. The summed E-state index contributed by atoms with van der Waals surface area (Å²) in [5.41, 5.74) is -0.390. The smallest absolute Gasteiger partial charge is 0.359 e. The van der Waals surface area contributed by atoms with Gasteiger partial charge in [-0.2, -0.15) is 0 Å². The van der Waals surface area contributed by atoms with Crippen LogP contribution in [0.2, 0.25) is 0 Å². The van der Waals surface area contributed by atoms with Gasteiger partial charge in [0.25, 0.3) is 11.8 Å². The van der Waals surface area contributed by atoms with Crippen molar-refractivity contribution in [3.05, 3.63) is 35.4 Å². The van der Waals surface area contributed by atoms with Crippen LogP contribution in [0.1, 0.15) is 55.3 Å². The summed E-state index contributed by atoms with van der Waals surface area (Å²) in [6.45, 7) is 8.08. The fourth-order valence-corrected chi connectivity index (χ4v) is 5.79. The Morgan fingerprint density at radius 3 is 2.03 bits per heavy atom. The molecular formula is C21H29N2O8P. The molecule has 176 valence electrons. The molecule has 11 heteroatoms. The van der Waals surface area contributed by atoms with Gasteiger partial charge in [0, 0.05) is 6.54 Å². The molecule has 1 fully saturated rings. The van der Waals surface area contributed by atoms with E-state index in [1.807, 2.05) is 0 Å². The van der Waals surface area contributed by atoms with Crippen LogP contribution in [0.4, 0.5) is 0 Å². The van der Waals surface area contributed by atoms with Crippen LogP contribution >= 0.6 is 7.60 Å². The molecule has 0 radical (unpaired) electrons. The van der Waals surface area contributed by atoms with Crippen molar-refractivity contribution in [3.8, 4) is 0 Å². The lowest BCUT2D eigenvalue weighted by molar-refractivity contribution is -0.178. The number of amides is 2. The predicted octanol–water partition coefficient (Wildman–Crippen LogP) is 2.22. The van der Waals surface area contributed by atoms with E-state index in [1.54, 1.807) is 58.9 Å². The largest absolute Gasteiger partial charge is 0.458 e. The maximum Gasteiger partial charge on any atom is 0.359 e. The summed E-state index contributed by atoms with van der Waals surface area (Å²) in [5, 5.41) is 10.9. The van der Waals surface area contributed by atoms with Crippen LogP contribution in [0.25, 0.3) is 0 Å². The van der Waals surface area contributed by atoms with Gasteiger partial charge in [-0.1, -0.05) is 12.1 Å².